The number of carbonyl (C=O) groups is 2. The molecule has 37 heavy (non-hydrogen) atoms. The first kappa shape index (κ1) is 23.8. The number of nitrogens with one attached hydrogen (secondary N) is 3. The number of hydrogen-bond donors (Lipinski definition) is 3. The fourth-order valence-corrected chi connectivity index (χ4v) is 3.90. The average Bonchev–Trinajstić information content (AvgIpc) is 3.52. The molecule has 0 saturated heterocycles. The first-order valence-corrected chi connectivity index (χ1v) is 11.5. The lowest BCUT2D eigenvalue weighted by atomic mass is 10.0. The number of imidazole rings is 1. The third-order valence-electron chi connectivity index (χ3n) is 5.72. The number of carbonyl (C=O) groups excluding carboxylic acids is 2. The van der Waals surface area contributed by atoms with E-state index in [1.807, 2.05) is 30.4 Å². The smallest absolute Gasteiger partial charge is 0.256 e. The van der Waals surface area contributed by atoms with Crippen molar-refractivity contribution in [1.82, 2.24) is 15.0 Å². The summed E-state index contributed by atoms with van der Waals surface area (Å²) in [5, 5.41) is 5.75. The van der Waals surface area contributed by atoms with Crippen LogP contribution in [-0.4, -0.2) is 26.6 Å². The number of aromatic nitrogens is 3. The quantitative estimate of drug-likeness (QED) is 0.205. The lowest BCUT2D eigenvalue weighted by molar-refractivity contribution is -0.110. The van der Waals surface area contributed by atoms with Gasteiger partial charge < -0.3 is 15.6 Å². The largest absolute Gasteiger partial charge is 0.345 e. The van der Waals surface area contributed by atoms with Gasteiger partial charge in [0.15, 0.2) is 17.4 Å². The number of aromatic amines is 1. The minimum absolute atomic E-state index is 0.145. The molecule has 0 saturated carbocycles. The SMILES string of the molecule is O=C1Nc2cc(/C=C/CCC(=O)c3cccc(Nc4ccc(F)c(F)c4)n3)ccc2/C1=C/c1cnc[nH]1. The number of benzene rings is 2. The molecule has 0 aliphatic carbocycles. The Hall–Kier alpha value is -4.92. The molecule has 3 heterocycles. The summed E-state index contributed by atoms with van der Waals surface area (Å²) in [7, 11) is 0. The van der Waals surface area contributed by atoms with Crippen molar-refractivity contribution in [2.75, 3.05) is 10.6 Å². The van der Waals surface area contributed by atoms with Gasteiger partial charge >= 0.3 is 0 Å². The Balaban J connectivity index is 1.19. The molecule has 0 fully saturated rings. The van der Waals surface area contributed by atoms with Crippen LogP contribution in [0.5, 0.6) is 0 Å². The average molecular weight is 498 g/mol. The zero-order valence-electron chi connectivity index (χ0n) is 19.5. The van der Waals surface area contributed by atoms with E-state index in [4.69, 9.17) is 0 Å². The van der Waals surface area contributed by atoms with Gasteiger partial charge in [-0.15, -0.1) is 0 Å². The Kier molecular flexibility index (Phi) is 6.67. The third kappa shape index (κ3) is 5.51. The van der Waals surface area contributed by atoms with Gasteiger partial charge in [0.05, 0.1) is 23.8 Å². The molecule has 2 aromatic heterocycles. The van der Waals surface area contributed by atoms with Crippen LogP contribution in [0.25, 0.3) is 17.7 Å². The standard InChI is InChI=1S/C28H21F2N5O2/c29-22-11-9-18(14-23(22)30)33-27-7-3-5-24(34-27)26(36)6-2-1-4-17-8-10-20-21(13-19-15-31-16-32-19)28(37)35-25(20)12-17/h1,3-5,7-16H,2,6H2,(H,31,32)(H,33,34)(H,35,37)/b4-1+,21-13-. The maximum atomic E-state index is 13.4. The number of H-pyrrole nitrogens is 1. The van der Waals surface area contributed by atoms with Crippen molar-refractivity contribution in [3.05, 3.63) is 107 Å². The Morgan fingerprint density at radius 1 is 1.05 bits per heavy atom. The van der Waals surface area contributed by atoms with Crippen molar-refractivity contribution in [1.29, 1.82) is 0 Å². The van der Waals surface area contributed by atoms with E-state index in [0.717, 1.165) is 34.6 Å². The van der Waals surface area contributed by atoms with Crippen molar-refractivity contribution >= 4 is 46.6 Å². The maximum Gasteiger partial charge on any atom is 0.256 e. The molecule has 0 bridgehead atoms. The lowest BCUT2D eigenvalue weighted by Crippen LogP contribution is -2.04. The maximum absolute atomic E-state index is 13.4. The monoisotopic (exact) mass is 497 g/mol. The summed E-state index contributed by atoms with van der Waals surface area (Å²) in [6.45, 7) is 0. The van der Waals surface area contributed by atoms with Crippen LogP contribution in [0, 0.1) is 11.6 Å². The third-order valence-corrected chi connectivity index (χ3v) is 5.72. The van der Waals surface area contributed by atoms with E-state index in [2.05, 4.69) is 25.6 Å². The van der Waals surface area contributed by atoms with Crippen LogP contribution in [0.4, 0.5) is 26.0 Å². The first-order valence-electron chi connectivity index (χ1n) is 11.5. The summed E-state index contributed by atoms with van der Waals surface area (Å²) in [5.74, 6) is -1.88. The van der Waals surface area contributed by atoms with E-state index >= 15 is 0 Å². The molecular formula is C28H21F2N5O2. The Morgan fingerprint density at radius 2 is 1.95 bits per heavy atom. The zero-order chi connectivity index (χ0) is 25.8. The number of nitrogens with zero attached hydrogens (tertiary/aromatic N) is 2. The molecule has 1 amide bonds. The van der Waals surface area contributed by atoms with Crippen LogP contribution < -0.4 is 10.6 Å². The Labute approximate surface area is 211 Å². The van der Waals surface area contributed by atoms with Crippen LogP contribution in [0.1, 0.15) is 40.2 Å². The lowest BCUT2D eigenvalue weighted by Gasteiger charge is -2.07. The number of halogens is 2. The number of Topliss-reactive ketones (excluding diaryl/α,β-unsaturated/α-hetero) is 1. The highest BCUT2D eigenvalue weighted by atomic mass is 19.2. The van der Waals surface area contributed by atoms with Gasteiger partial charge in [-0.25, -0.2) is 18.7 Å². The van der Waals surface area contributed by atoms with Crippen molar-refractivity contribution in [3.63, 3.8) is 0 Å². The number of amides is 1. The zero-order valence-corrected chi connectivity index (χ0v) is 19.5. The number of allylic oxidation sites excluding steroid dienone is 1. The highest BCUT2D eigenvalue weighted by Gasteiger charge is 2.24. The van der Waals surface area contributed by atoms with Gasteiger partial charge in [0.25, 0.3) is 5.91 Å². The molecule has 1 aliphatic rings. The summed E-state index contributed by atoms with van der Waals surface area (Å²) in [6.07, 6.45) is 9.48. The van der Waals surface area contributed by atoms with Crippen molar-refractivity contribution < 1.29 is 18.4 Å². The number of ketones is 1. The Morgan fingerprint density at radius 3 is 2.76 bits per heavy atom. The summed E-state index contributed by atoms with van der Waals surface area (Å²) in [6, 6.07) is 14.0. The topological polar surface area (TPSA) is 99.8 Å². The molecule has 0 radical (unpaired) electrons. The second-order valence-electron chi connectivity index (χ2n) is 8.35. The highest BCUT2D eigenvalue weighted by molar-refractivity contribution is 6.34. The van der Waals surface area contributed by atoms with E-state index < -0.39 is 11.6 Å². The molecule has 0 spiro atoms. The van der Waals surface area contributed by atoms with Gasteiger partial charge in [0.2, 0.25) is 0 Å². The predicted octanol–water partition coefficient (Wildman–Crippen LogP) is 6.00. The molecule has 2 aromatic carbocycles. The van der Waals surface area contributed by atoms with E-state index in [-0.39, 0.29) is 23.8 Å². The van der Waals surface area contributed by atoms with Crippen LogP contribution in [0.3, 0.4) is 0 Å². The highest BCUT2D eigenvalue weighted by Crippen LogP contribution is 2.34. The van der Waals surface area contributed by atoms with Crippen molar-refractivity contribution in [2.24, 2.45) is 0 Å². The molecule has 0 atom stereocenters. The number of pyridine rings is 1. The van der Waals surface area contributed by atoms with Gasteiger partial charge in [-0.3, -0.25) is 9.59 Å². The van der Waals surface area contributed by atoms with Gasteiger partial charge in [0.1, 0.15) is 11.5 Å². The van der Waals surface area contributed by atoms with E-state index in [0.29, 0.717) is 23.5 Å². The van der Waals surface area contributed by atoms with Crippen LogP contribution in [0.15, 0.2) is 73.2 Å². The fourth-order valence-electron chi connectivity index (χ4n) is 3.90. The first-order chi connectivity index (χ1) is 18.0. The number of fused-ring (bicyclic) bond motifs is 1. The molecule has 1 aliphatic heterocycles. The Bertz CT molecular complexity index is 1540. The van der Waals surface area contributed by atoms with E-state index in [9.17, 15) is 18.4 Å². The van der Waals surface area contributed by atoms with Gasteiger partial charge in [0, 0.05) is 29.4 Å². The van der Waals surface area contributed by atoms with Gasteiger partial charge in [-0.1, -0.05) is 30.4 Å². The van der Waals surface area contributed by atoms with Crippen molar-refractivity contribution in [3.8, 4) is 0 Å². The molecule has 5 rings (SSSR count). The number of anilines is 3. The summed E-state index contributed by atoms with van der Waals surface area (Å²) in [4.78, 5) is 36.2. The van der Waals surface area contributed by atoms with Crippen molar-refractivity contribution in [2.45, 2.75) is 12.8 Å². The second-order valence-corrected chi connectivity index (χ2v) is 8.35. The normalized spacial score (nSPS) is 13.7. The fraction of sp³-hybridized carbons (Fsp3) is 0.0714. The molecule has 184 valence electrons. The summed E-state index contributed by atoms with van der Waals surface area (Å²) in [5.41, 5.74) is 4.34. The van der Waals surface area contributed by atoms with Crippen LogP contribution in [-0.2, 0) is 4.79 Å². The molecular weight excluding hydrogens is 476 g/mol. The molecule has 4 aromatic rings. The van der Waals surface area contributed by atoms with E-state index in [1.54, 1.807) is 36.8 Å². The van der Waals surface area contributed by atoms with Gasteiger partial charge in [-0.2, -0.15) is 0 Å². The molecule has 9 heteroatoms. The molecule has 3 N–H and O–H groups in total. The number of rotatable bonds is 8. The minimum atomic E-state index is -0.971. The second kappa shape index (κ2) is 10.4. The minimum Gasteiger partial charge on any atom is -0.345 e. The van der Waals surface area contributed by atoms with E-state index in [1.165, 1.54) is 6.07 Å². The molecule has 7 nitrogen and oxygen atoms in total. The number of hydrogen-bond acceptors (Lipinski definition) is 5. The molecule has 0 unspecified atom stereocenters. The van der Waals surface area contributed by atoms with Crippen LogP contribution in [0.2, 0.25) is 0 Å². The predicted molar refractivity (Wildman–Crippen MR) is 138 cm³/mol. The van der Waals surface area contributed by atoms with Gasteiger partial charge in [-0.05, 0) is 48.4 Å². The summed E-state index contributed by atoms with van der Waals surface area (Å²) >= 11 is 0. The summed E-state index contributed by atoms with van der Waals surface area (Å²) < 4.78 is 26.6. The van der Waals surface area contributed by atoms with Crippen LogP contribution >= 0.6 is 0 Å².